The molecule has 7 N–H and O–H groups in total. The van der Waals surface area contributed by atoms with Gasteiger partial charge < -0.3 is 21.0 Å². The van der Waals surface area contributed by atoms with Crippen molar-refractivity contribution in [1.82, 2.24) is 5.10 Å². The van der Waals surface area contributed by atoms with E-state index in [2.05, 4.69) is 26.3 Å². The van der Waals surface area contributed by atoms with Crippen LogP contribution in [0.1, 0.15) is 16.1 Å². The molecule has 162 valence electrons. The number of anilines is 2. The molecule has 0 aliphatic carbocycles. The Bertz CT molecular complexity index is 1020. The van der Waals surface area contributed by atoms with E-state index in [1.807, 2.05) is 0 Å². The van der Waals surface area contributed by atoms with Gasteiger partial charge in [0.1, 0.15) is 23.0 Å². The fraction of sp³-hybridized carbons (Fsp3) is 0.111. The molecule has 0 radical (unpaired) electrons. The Balaban J connectivity index is 0.00000225. The minimum absolute atomic E-state index is 0. The fourth-order valence-electron chi connectivity index (χ4n) is 2.37. The summed E-state index contributed by atoms with van der Waals surface area (Å²) in [4.78, 5) is 12.3. The lowest BCUT2D eigenvalue weighted by Crippen LogP contribution is -2.33. The number of nitrogens with two attached hydrogens (primary N) is 1. The molecule has 1 aromatic heterocycles. The predicted octanol–water partition coefficient (Wildman–Crippen LogP) is 3.25. The van der Waals surface area contributed by atoms with Crippen molar-refractivity contribution in [3.63, 3.8) is 0 Å². The number of aryl methyl sites for hydroxylation is 1. The zero-order chi connectivity index (χ0) is 20.5. The van der Waals surface area contributed by atoms with Gasteiger partial charge in [-0.1, -0.05) is 6.07 Å². The van der Waals surface area contributed by atoms with Gasteiger partial charge in [-0.25, -0.2) is 5.10 Å². The summed E-state index contributed by atoms with van der Waals surface area (Å²) >= 11 is 3.25. The molecule has 3 rings (SSSR count). The van der Waals surface area contributed by atoms with Crippen LogP contribution in [-0.2, 0) is 13.2 Å². The van der Waals surface area contributed by atoms with Crippen LogP contribution >= 0.6 is 15.9 Å². The second kappa shape index (κ2) is 9.61. The van der Waals surface area contributed by atoms with Crippen molar-refractivity contribution in [1.29, 1.82) is 0 Å². The molecule has 0 atom stereocenters. The molecule has 1 amide bonds. The third-order valence-electron chi connectivity index (χ3n) is 3.82. The average molecular weight is 491 g/mol. The van der Waals surface area contributed by atoms with E-state index in [9.17, 15) is 18.0 Å². The van der Waals surface area contributed by atoms with Gasteiger partial charge in [-0.3, -0.25) is 10.5 Å². The number of hydrogen-bond donors (Lipinski definition) is 3. The quantitative estimate of drug-likeness (QED) is 0.481. The smallest absolute Gasteiger partial charge is 0.416 e. The van der Waals surface area contributed by atoms with E-state index in [0.717, 1.165) is 12.1 Å². The molecule has 2 aromatic carbocycles. The van der Waals surface area contributed by atoms with Crippen molar-refractivity contribution < 1.29 is 38.3 Å². The monoisotopic (exact) mass is 490 g/mol. The Labute approximate surface area is 177 Å². The largest absolute Gasteiger partial charge is 0.870 e. The Kier molecular flexibility index (Phi) is 7.99. The van der Waals surface area contributed by atoms with Gasteiger partial charge in [-0.05, 0) is 58.4 Å². The van der Waals surface area contributed by atoms with Crippen LogP contribution in [0, 0.1) is 0 Å². The topological polar surface area (TPSA) is 146 Å². The number of aromatic amines is 1. The standard InChI is InChI=1S/C18H14BrF3N4O2.2H2O/c1-26-16(23)14(19)15(25-26)17(27)24-11-5-7-12(8-6-11)28-13-4-2-3-10(9-13)18(20,21)22;;/h2-9H,1H3,(H3,23,24,25,27);2*1H2. The number of benzene rings is 2. The number of ether oxygens (including phenoxy) is 1. The highest BCUT2D eigenvalue weighted by atomic mass is 79.9. The molecule has 0 bridgehead atoms. The number of carbonyl (C=O) groups is 1. The maximum Gasteiger partial charge on any atom is 0.416 e. The number of nitrogens with one attached hydrogen (secondary N) is 2. The third-order valence-corrected chi connectivity index (χ3v) is 4.62. The van der Waals surface area contributed by atoms with E-state index in [4.69, 9.17) is 10.5 Å². The van der Waals surface area contributed by atoms with Gasteiger partial charge in [0.15, 0.2) is 5.69 Å². The predicted molar refractivity (Wildman–Crippen MR) is 106 cm³/mol. The second-order valence-electron chi connectivity index (χ2n) is 5.85. The Morgan fingerprint density at radius 2 is 1.80 bits per heavy atom. The van der Waals surface area contributed by atoms with Crippen LogP contribution in [0.4, 0.5) is 24.7 Å². The van der Waals surface area contributed by atoms with Gasteiger partial charge in [0.25, 0.3) is 5.91 Å². The second-order valence-corrected chi connectivity index (χ2v) is 6.64. The number of nitrogen functional groups attached to an aromatic ring is 1. The first-order valence-corrected chi connectivity index (χ1v) is 8.74. The molecule has 3 aromatic rings. The minimum atomic E-state index is -4.44. The minimum Gasteiger partial charge on any atom is -0.870 e. The first-order chi connectivity index (χ1) is 13.1. The van der Waals surface area contributed by atoms with Crippen LogP contribution in [0.3, 0.4) is 0 Å². The molecular formula is C18H18BrF3N4O4. The molecule has 1 heterocycles. The lowest BCUT2D eigenvalue weighted by molar-refractivity contribution is -0.713. The molecule has 0 saturated carbocycles. The number of nitrogens with zero attached hydrogens (tertiary/aromatic N) is 1. The van der Waals surface area contributed by atoms with Crippen LogP contribution in [0.2, 0.25) is 0 Å². The first-order valence-electron chi connectivity index (χ1n) is 7.94. The SMILES string of the molecule is C[n+]1[nH]c(C(=O)Nc2ccc(Oc3cccc(C(F)(F)F)c3)cc2)c(Br)c1N.O.[OH-]. The number of carbonyl (C=O) groups excluding carboxylic acids is 1. The van der Waals surface area contributed by atoms with Crippen LogP contribution in [-0.4, -0.2) is 22.0 Å². The number of aromatic nitrogens is 2. The molecule has 0 aliphatic rings. The van der Waals surface area contributed by atoms with Crippen LogP contribution in [0.25, 0.3) is 0 Å². The van der Waals surface area contributed by atoms with Crippen LogP contribution in [0.5, 0.6) is 11.5 Å². The summed E-state index contributed by atoms with van der Waals surface area (Å²) in [5, 5.41) is 5.50. The highest BCUT2D eigenvalue weighted by Gasteiger charge is 2.30. The normalized spacial score (nSPS) is 10.6. The van der Waals surface area contributed by atoms with Gasteiger partial charge in [0.05, 0.1) is 5.56 Å². The number of amides is 1. The van der Waals surface area contributed by atoms with Crippen LogP contribution < -0.4 is 20.5 Å². The molecule has 0 saturated heterocycles. The molecule has 12 heteroatoms. The average Bonchev–Trinajstić information content (AvgIpc) is 2.90. The number of rotatable bonds is 4. The highest BCUT2D eigenvalue weighted by Crippen LogP contribution is 2.33. The zero-order valence-electron chi connectivity index (χ0n) is 15.4. The lowest BCUT2D eigenvalue weighted by Gasteiger charge is -2.10. The van der Waals surface area contributed by atoms with Crippen molar-refractivity contribution in [2.24, 2.45) is 7.05 Å². The third kappa shape index (κ3) is 5.49. The van der Waals surface area contributed by atoms with Crippen molar-refractivity contribution in [3.8, 4) is 11.5 Å². The number of H-pyrrole nitrogens is 1. The molecule has 0 fully saturated rings. The van der Waals surface area contributed by atoms with Gasteiger partial charge in [-0.2, -0.15) is 17.9 Å². The van der Waals surface area contributed by atoms with Crippen molar-refractivity contribution in [3.05, 3.63) is 64.3 Å². The maximum absolute atomic E-state index is 12.8. The van der Waals surface area contributed by atoms with E-state index in [0.29, 0.717) is 21.7 Å². The van der Waals surface area contributed by atoms with Crippen molar-refractivity contribution >= 4 is 33.3 Å². The molecule has 8 nitrogen and oxygen atoms in total. The summed E-state index contributed by atoms with van der Waals surface area (Å²) in [6, 6.07) is 10.8. The number of alkyl halides is 3. The Morgan fingerprint density at radius 1 is 1.17 bits per heavy atom. The van der Waals surface area contributed by atoms with Crippen molar-refractivity contribution in [2.45, 2.75) is 6.18 Å². The molecule has 30 heavy (non-hydrogen) atoms. The molecular weight excluding hydrogens is 473 g/mol. The lowest BCUT2D eigenvalue weighted by atomic mass is 10.2. The summed E-state index contributed by atoms with van der Waals surface area (Å²) in [6.07, 6.45) is -4.44. The summed E-state index contributed by atoms with van der Waals surface area (Å²) in [5.41, 5.74) is 5.72. The van der Waals surface area contributed by atoms with E-state index >= 15 is 0 Å². The highest BCUT2D eigenvalue weighted by molar-refractivity contribution is 9.10. The number of hydrogen-bond acceptors (Lipinski definition) is 4. The summed E-state index contributed by atoms with van der Waals surface area (Å²) < 4.78 is 45.7. The van der Waals surface area contributed by atoms with Gasteiger partial charge >= 0.3 is 12.0 Å². The summed E-state index contributed by atoms with van der Waals surface area (Å²) in [7, 11) is 1.66. The maximum atomic E-state index is 12.8. The van der Waals surface area contributed by atoms with Gasteiger partial charge in [0.2, 0.25) is 0 Å². The van der Waals surface area contributed by atoms with Gasteiger partial charge in [0, 0.05) is 5.69 Å². The Hall–Kier alpha value is -3.09. The van der Waals surface area contributed by atoms with E-state index in [1.54, 1.807) is 19.2 Å². The fourth-order valence-corrected chi connectivity index (χ4v) is 2.91. The van der Waals surface area contributed by atoms with E-state index < -0.39 is 17.6 Å². The molecule has 0 unspecified atom stereocenters. The van der Waals surface area contributed by atoms with E-state index in [1.165, 1.54) is 28.9 Å². The molecule has 0 spiro atoms. The van der Waals surface area contributed by atoms with E-state index in [-0.39, 0.29) is 22.4 Å². The summed E-state index contributed by atoms with van der Waals surface area (Å²) in [5.74, 6) is 0.347. The zero-order valence-corrected chi connectivity index (χ0v) is 17.0. The molecule has 0 aliphatic heterocycles. The van der Waals surface area contributed by atoms with Crippen LogP contribution in [0.15, 0.2) is 53.0 Å². The van der Waals surface area contributed by atoms with Gasteiger partial charge in [-0.15, -0.1) is 0 Å². The number of halogens is 4. The first kappa shape index (κ1) is 24.9. The van der Waals surface area contributed by atoms with Crippen molar-refractivity contribution in [2.75, 3.05) is 11.1 Å². The summed E-state index contributed by atoms with van der Waals surface area (Å²) in [6.45, 7) is 0. The Morgan fingerprint density at radius 3 is 2.33 bits per heavy atom.